The lowest BCUT2D eigenvalue weighted by molar-refractivity contribution is 0.348. The molecule has 4 rings (SSSR count). The molecule has 0 heterocycles. The van der Waals surface area contributed by atoms with Crippen LogP contribution in [0.2, 0.25) is 0 Å². The second-order valence-electron chi connectivity index (χ2n) is 10.1. The topological polar surface area (TPSA) is 40.5 Å². The Kier molecular flexibility index (Phi) is 4.91. The van der Waals surface area contributed by atoms with Crippen LogP contribution in [0.4, 0.5) is 0 Å². The number of hydrogen-bond acceptors (Lipinski definition) is 2. The van der Waals surface area contributed by atoms with E-state index < -0.39 is 0 Å². The number of alkyl halides is 2. The van der Waals surface area contributed by atoms with Crippen LogP contribution in [0.3, 0.4) is 0 Å². The molecule has 2 N–H and O–H groups in total. The number of aryl methyl sites for hydroxylation is 2. The minimum absolute atomic E-state index is 0.0216. The van der Waals surface area contributed by atoms with Gasteiger partial charge in [-0.25, -0.2) is 0 Å². The summed E-state index contributed by atoms with van der Waals surface area (Å²) >= 11 is 11.9. The summed E-state index contributed by atoms with van der Waals surface area (Å²) in [6, 6.07) is 8.27. The lowest BCUT2D eigenvalue weighted by atomic mass is 9.72. The molecule has 2 aliphatic rings. The van der Waals surface area contributed by atoms with Gasteiger partial charge in [0.1, 0.15) is 11.5 Å². The van der Waals surface area contributed by atoms with E-state index in [4.69, 9.17) is 23.2 Å². The quantitative estimate of drug-likeness (QED) is 0.555. The molecule has 0 atom stereocenters. The van der Waals surface area contributed by atoms with Crippen molar-refractivity contribution in [2.45, 2.75) is 69.6 Å². The van der Waals surface area contributed by atoms with Crippen molar-refractivity contribution in [3.63, 3.8) is 0 Å². The monoisotopic (exact) mass is 432 g/mol. The van der Waals surface area contributed by atoms with Gasteiger partial charge in [0, 0.05) is 17.2 Å². The van der Waals surface area contributed by atoms with E-state index in [9.17, 15) is 10.2 Å². The molecule has 0 unspecified atom stereocenters. The van der Waals surface area contributed by atoms with Gasteiger partial charge in [0.25, 0.3) is 0 Å². The van der Waals surface area contributed by atoms with Gasteiger partial charge in [0.15, 0.2) is 0 Å². The molecule has 0 aliphatic heterocycles. The Hall–Kier alpha value is -1.38. The van der Waals surface area contributed by atoms with Crippen LogP contribution in [0.1, 0.15) is 73.9 Å². The molecule has 0 fully saturated rings. The Bertz CT molecular complexity index is 896. The van der Waals surface area contributed by atoms with Crippen molar-refractivity contribution < 1.29 is 10.2 Å². The molecule has 2 aromatic carbocycles. The predicted octanol–water partition coefficient (Wildman–Crippen LogP) is 6.31. The summed E-state index contributed by atoms with van der Waals surface area (Å²) in [4.78, 5) is 0. The second-order valence-corrected chi connectivity index (χ2v) is 10.9. The number of benzene rings is 2. The highest BCUT2D eigenvalue weighted by molar-refractivity contribution is 6.18. The zero-order valence-electron chi connectivity index (χ0n) is 17.7. The Morgan fingerprint density at radius 2 is 1.07 bits per heavy atom. The standard InChI is InChI=1S/C25H30Cl2O2/c1-23(2)13-25(19-11-21(28)15(5-7-26)9-17(19)23)14-24(3,4)18-10-16(6-8-27)22(29)12-20(18)25/h9-12,28-29H,5-8,13-14H2,1-4H3. The summed E-state index contributed by atoms with van der Waals surface area (Å²) < 4.78 is 0. The first-order valence-corrected chi connectivity index (χ1v) is 11.5. The van der Waals surface area contributed by atoms with E-state index in [0.717, 1.165) is 24.0 Å². The minimum Gasteiger partial charge on any atom is -0.508 e. The smallest absolute Gasteiger partial charge is 0.119 e. The van der Waals surface area contributed by atoms with Crippen LogP contribution < -0.4 is 0 Å². The summed E-state index contributed by atoms with van der Waals surface area (Å²) in [6.45, 7) is 9.15. The van der Waals surface area contributed by atoms with Gasteiger partial charge in [-0.05, 0) is 82.0 Å². The second kappa shape index (κ2) is 6.82. The third-order valence-corrected chi connectivity index (χ3v) is 7.52. The highest BCUT2D eigenvalue weighted by atomic mass is 35.5. The van der Waals surface area contributed by atoms with Crippen molar-refractivity contribution >= 4 is 23.2 Å². The summed E-state index contributed by atoms with van der Waals surface area (Å²) in [5.74, 6) is 1.64. The Labute approximate surface area is 183 Å². The molecule has 2 aliphatic carbocycles. The minimum atomic E-state index is -0.203. The first kappa shape index (κ1) is 20.9. The van der Waals surface area contributed by atoms with E-state index in [-0.39, 0.29) is 16.2 Å². The lowest BCUT2D eigenvalue weighted by Gasteiger charge is -2.30. The van der Waals surface area contributed by atoms with Gasteiger partial charge in [-0.15, -0.1) is 23.2 Å². The molecule has 0 amide bonds. The Morgan fingerprint density at radius 3 is 1.41 bits per heavy atom. The number of aromatic hydroxyl groups is 2. The summed E-state index contributed by atoms with van der Waals surface area (Å²) in [7, 11) is 0. The van der Waals surface area contributed by atoms with Crippen LogP contribution in [0.5, 0.6) is 11.5 Å². The lowest BCUT2D eigenvalue weighted by Crippen LogP contribution is -2.26. The van der Waals surface area contributed by atoms with Gasteiger partial charge in [-0.3, -0.25) is 0 Å². The normalized spacial score (nSPS) is 20.1. The summed E-state index contributed by atoms with van der Waals surface area (Å²) in [5.41, 5.74) is 6.59. The molecule has 2 aromatic rings. The van der Waals surface area contributed by atoms with Crippen molar-refractivity contribution in [3.8, 4) is 11.5 Å². The van der Waals surface area contributed by atoms with Crippen LogP contribution in [0.15, 0.2) is 24.3 Å². The summed E-state index contributed by atoms with van der Waals surface area (Å²) in [5, 5.41) is 21.5. The Morgan fingerprint density at radius 1 is 0.690 bits per heavy atom. The maximum atomic E-state index is 10.7. The molecule has 0 saturated carbocycles. The molecule has 29 heavy (non-hydrogen) atoms. The molecule has 0 aromatic heterocycles. The Balaban J connectivity index is 1.97. The van der Waals surface area contributed by atoms with E-state index in [1.807, 2.05) is 12.1 Å². The van der Waals surface area contributed by atoms with Crippen molar-refractivity contribution in [1.29, 1.82) is 0 Å². The van der Waals surface area contributed by atoms with Gasteiger partial charge in [-0.2, -0.15) is 0 Å². The van der Waals surface area contributed by atoms with Gasteiger partial charge in [0.05, 0.1) is 0 Å². The fourth-order valence-corrected chi connectivity index (χ4v) is 6.48. The molecular weight excluding hydrogens is 403 g/mol. The van der Waals surface area contributed by atoms with Crippen LogP contribution in [0.25, 0.3) is 0 Å². The van der Waals surface area contributed by atoms with Crippen LogP contribution in [-0.4, -0.2) is 22.0 Å². The van der Waals surface area contributed by atoms with E-state index >= 15 is 0 Å². The SMILES string of the molecule is CC1(C)CC2(CC(C)(C)c3cc(CCCl)c(O)cc32)c2cc(O)c(CCCl)cc21. The average Bonchev–Trinajstić information content (AvgIpc) is 2.96. The fourth-order valence-electron chi connectivity index (χ4n) is 6.07. The third-order valence-electron chi connectivity index (χ3n) is 7.14. The zero-order chi connectivity index (χ0) is 21.2. The molecular formula is C25H30Cl2O2. The molecule has 0 radical (unpaired) electrons. The highest BCUT2D eigenvalue weighted by Crippen LogP contribution is 2.63. The number of hydrogen-bond donors (Lipinski definition) is 2. The first-order valence-electron chi connectivity index (χ1n) is 10.4. The van der Waals surface area contributed by atoms with E-state index in [0.29, 0.717) is 36.1 Å². The average molecular weight is 433 g/mol. The van der Waals surface area contributed by atoms with Crippen molar-refractivity contribution in [2.75, 3.05) is 11.8 Å². The highest BCUT2D eigenvalue weighted by Gasteiger charge is 2.56. The van der Waals surface area contributed by atoms with E-state index in [1.165, 1.54) is 22.3 Å². The number of halogens is 2. The number of fused-ring (bicyclic) bond motifs is 4. The summed E-state index contributed by atoms with van der Waals surface area (Å²) in [6.07, 6.45) is 3.25. The molecule has 4 heteroatoms. The van der Waals surface area contributed by atoms with Gasteiger partial charge in [0.2, 0.25) is 0 Å². The predicted molar refractivity (Wildman–Crippen MR) is 121 cm³/mol. The zero-order valence-corrected chi connectivity index (χ0v) is 19.2. The number of phenolic OH excluding ortho intramolecular Hbond substituents is 2. The van der Waals surface area contributed by atoms with Crippen LogP contribution in [-0.2, 0) is 29.1 Å². The maximum absolute atomic E-state index is 10.7. The van der Waals surface area contributed by atoms with E-state index in [1.54, 1.807) is 0 Å². The molecule has 156 valence electrons. The maximum Gasteiger partial charge on any atom is 0.119 e. The van der Waals surface area contributed by atoms with E-state index in [2.05, 4.69) is 39.8 Å². The third kappa shape index (κ3) is 3.06. The largest absolute Gasteiger partial charge is 0.508 e. The van der Waals surface area contributed by atoms with Gasteiger partial charge < -0.3 is 10.2 Å². The van der Waals surface area contributed by atoms with Crippen LogP contribution in [0, 0.1) is 0 Å². The molecule has 0 saturated heterocycles. The van der Waals surface area contributed by atoms with Gasteiger partial charge in [-0.1, -0.05) is 39.8 Å². The number of phenols is 2. The van der Waals surface area contributed by atoms with Crippen molar-refractivity contribution in [1.82, 2.24) is 0 Å². The van der Waals surface area contributed by atoms with Crippen molar-refractivity contribution in [2.24, 2.45) is 0 Å². The first-order chi connectivity index (χ1) is 13.6. The van der Waals surface area contributed by atoms with Gasteiger partial charge >= 0.3 is 0 Å². The number of rotatable bonds is 4. The van der Waals surface area contributed by atoms with Crippen LogP contribution >= 0.6 is 23.2 Å². The molecule has 0 bridgehead atoms. The molecule has 2 nitrogen and oxygen atoms in total. The molecule has 1 spiro atoms. The fraction of sp³-hybridized carbons (Fsp3) is 0.520. The van der Waals surface area contributed by atoms with Crippen molar-refractivity contribution in [3.05, 3.63) is 57.6 Å².